The highest BCUT2D eigenvalue weighted by atomic mass is 19.1. The van der Waals surface area contributed by atoms with E-state index >= 15 is 0 Å². The highest BCUT2D eigenvalue weighted by Gasteiger charge is 2.06. The quantitative estimate of drug-likeness (QED) is 0.781. The largest absolute Gasteiger partial charge is 0.326 e. The van der Waals surface area contributed by atoms with Gasteiger partial charge in [0.2, 0.25) is 0 Å². The first kappa shape index (κ1) is 9.92. The van der Waals surface area contributed by atoms with Crippen LogP contribution in [0.3, 0.4) is 0 Å². The number of aromatic nitrogens is 2. The molecule has 0 unspecified atom stereocenters. The Labute approximate surface area is 85.7 Å². The van der Waals surface area contributed by atoms with Crippen molar-refractivity contribution >= 4 is 11.0 Å². The minimum Gasteiger partial charge on any atom is -0.318 e. The van der Waals surface area contributed by atoms with E-state index in [-0.39, 0.29) is 11.5 Å². The lowest BCUT2D eigenvalue weighted by atomic mass is 10.3. The van der Waals surface area contributed by atoms with E-state index in [0.717, 1.165) is 0 Å². The van der Waals surface area contributed by atoms with Crippen LogP contribution in [0.15, 0.2) is 23.0 Å². The second-order valence-corrected chi connectivity index (χ2v) is 3.35. The number of likely N-dealkylation sites (N-methyl/N-ethyl adjacent to an activating group) is 1. The average Bonchev–Trinajstić information content (AvgIpc) is 2.51. The first-order valence-electron chi connectivity index (χ1n) is 4.75. The molecule has 0 saturated carbocycles. The number of hydrogen-bond acceptors (Lipinski definition) is 2. The molecule has 0 fully saturated rings. The number of aromatic amines is 1. The molecule has 5 heteroatoms. The zero-order valence-electron chi connectivity index (χ0n) is 8.38. The van der Waals surface area contributed by atoms with Gasteiger partial charge in [-0.25, -0.2) is 9.18 Å². The molecule has 2 rings (SSSR count). The molecule has 0 aliphatic rings. The van der Waals surface area contributed by atoms with Crippen LogP contribution >= 0.6 is 0 Å². The third-order valence-electron chi connectivity index (χ3n) is 2.32. The van der Waals surface area contributed by atoms with Gasteiger partial charge in [0, 0.05) is 13.1 Å². The summed E-state index contributed by atoms with van der Waals surface area (Å²) in [7, 11) is 1.81. The highest BCUT2D eigenvalue weighted by molar-refractivity contribution is 5.75. The van der Waals surface area contributed by atoms with E-state index in [1.165, 1.54) is 16.7 Å². The molecule has 1 aromatic carbocycles. The Morgan fingerprint density at radius 1 is 1.53 bits per heavy atom. The monoisotopic (exact) mass is 209 g/mol. The van der Waals surface area contributed by atoms with Crippen LogP contribution < -0.4 is 11.0 Å². The number of fused-ring (bicyclic) bond motifs is 1. The maximum atomic E-state index is 13.0. The molecule has 0 atom stereocenters. The molecule has 0 amide bonds. The van der Waals surface area contributed by atoms with Crippen molar-refractivity contribution in [3.63, 3.8) is 0 Å². The maximum Gasteiger partial charge on any atom is 0.326 e. The van der Waals surface area contributed by atoms with E-state index in [2.05, 4.69) is 10.3 Å². The van der Waals surface area contributed by atoms with Crippen molar-refractivity contribution in [2.75, 3.05) is 13.6 Å². The van der Waals surface area contributed by atoms with Crippen LogP contribution in [0.5, 0.6) is 0 Å². The van der Waals surface area contributed by atoms with Gasteiger partial charge in [0.25, 0.3) is 0 Å². The standard InChI is InChI=1S/C10H12FN3O/c1-12-4-5-14-9-6-7(11)2-3-8(9)13-10(14)15/h2-3,6,12H,4-5H2,1H3,(H,13,15). The van der Waals surface area contributed by atoms with Crippen molar-refractivity contribution in [2.45, 2.75) is 6.54 Å². The van der Waals surface area contributed by atoms with E-state index in [0.29, 0.717) is 24.1 Å². The molecule has 80 valence electrons. The maximum absolute atomic E-state index is 13.0. The van der Waals surface area contributed by atoms with Crippen molar-refractivity contribution < 1.29 is 4.39 Å². The Morgan fingerprint density at radius 3 is 3.07 bits per heavy atom. The molecule has 0 aliphatic heterocycles. The Morgan fingerprint density at radius 2 is 2.33 bits per heavy atom. The minimum absolute atomic E-state index is 0.203. The van der Waals surface area contributed by atoms with E-state index in [1.54, 1.807) is 13.1 Å². The van der Waals surface area contributed by atoms with Crippen LogP contribution in [0, 0.1) is 5.82 Å². The van der Waals surface area contributed by atoms with Crippen molar-refractivity contribution in [3.05, 3.63) is 34.5 Å². The molecule has 0 saturated heterocycles. The summed E-state index contributed by atoms with van der Waals surface area (Å²) in [4.78, 5) is 14.2. The number of nitrogens with one attached hydrogen (secondary N) is 2. The Balaban J connectivity index is 2.55. The molecule has 15 heavy (non-hydrogen) atoms. The van der Waals surface area contributed by atoms with E-state index in [4.69, 9.17) is 0 Å². The number of H-pyrrole nitrogens is 1. The van der Waals surface area contributed by atoms with Crippen molar-refractivity contribution in [1.29, 1.82) is 0 Å². The molecule has 0 spiro atoms. The molecule has 4 nitrogen and oxygen atoms in total. The fourth-order valence-electron chi connectivity index (χ4n) is 1.57. The van der Waals surface area contributed by atoms with Gasteiger partial charge in [0.1, 0.15) is 5.82 Å². The number of benzene rings is 1. The summed E-state index contributed by atoms with van der Waals surface area (Å²) in [5, 5.41) is 2.95. The Bertz CT molecular complexity index is 529. The SMILES string of the molecule is CNCCn1c(=O)[nH]c2ccc(F)cc21. The summed E-state index contributed by atoms with van der Waals surface area (Å²) in [5.41, 5.74) is 1.07. The number of hydrogen-bond donors (Lipinski definition) is 2. The molecule has 0 aliphatic carbocycles. The van der Waals surface area contributed by atoms with E-state index in [9.17, 15) is 9.18 Å². The van der Waals surface area contributed by atoms with Gasteiger partial charge in [-0.15, -0.1) is 0 Å². The fraction of sp³-hybridized carbons (Fsp3) is 0.300. The van der Waals surface area contributed by atoms with Crippen molar-refractivity contribution in [2.24, 2.45) is 0 Å². The third kappa shape index (κ3) is 1.78. The van der Waals surface area contributed by atoms with Crippen LogP contribution in [0.1, 0.15) is 0 Å². The third-order valence-corrected chi connectivity index (χ3v) is 2.32. The summed E-state index contributed by atoms with van der Waals surface area (Å²) in [6.07, 6.45) is 0. The summed E-state index contributed by atoms with van der Waals surface area (Å²) in [6.45, 7) is 1.20. The topological polar surface area (TPSA) is 49.8 Å². The van der Waals surface area contributed by atoms with Gasteiger partial charge >= 0.3 is 5.69 Å². The zero-order chi connectivity index (χ0) is 10.8. The van der Waals surface area contributed by atoms with Crippen LogP contribution in [-0.4, -0.2) is 23.1 Å². The van der Waals surface area contributed by atoms with E-state index < -0.39 is 0 Å². The second kappa shape index (κ2) is 3.86. The molecule has 1 heterocycles. The first-order chi connectivity index (χ1) is 7.22. The minimum atomic E-state index is -0.334. The molecular weight excluding hydrogens is 197 g/mol. The average molecular weight is 209 g/mol. The lowest BCUT2D eigenvalue weighted by Crippen LogP contribution is -2.23. The second-order valence-electron chi connectivity index (χ2n) is 3.35. The van der Waals surface area contributed by atoms with Crippen molar-refractivity contribution in [3.8, 4) is 0 Å². The van der Waals surface area contributed by atoms with Crippen LogP contribution in [0.2, 0.25) is 0 Å². The van der Waals surface area contributed by atoms with Crippen molar-refractivity contribution in [1.82, 2.24) is 14.9 Å². The van der Waals surface area contributed by atoms with Crippen LogP contribution in [0.4, 0.5) is 4.39 Å². The van der Waals surface area contributed by atoms with Crippen LogP contribution in [-0.2, 0) is 6.54 Å². The molecule has 2 N–H and O–H groups in total. The molecule has 1 aromatic heterocycles. The van der Waals surface area contributed by atoms with Gasteiger partial charge in [-0.3, -0.25) is 4.57 Å². The predicted octanol–water partition coefficient (Wildman–Crippen LogP) is 0.688. The molecule has 2 aromatic rings. The van der Waals surface area contributed by atoms with Gasteiger partial charge in [-0.1, -0.05) is 0 Å². The number of nitrogens with zero attached hydrogens (tertiary/aromatic N) is 1. The lowest BCUT2D eigenvalue weighted by Gasteiger charge is -2.01. The smallest absolute Gasteiger partial charge is 0.318 e. The fourth-order valence-corrected chi connectivity index (χ4v) is 1.57. The Kier molecular flexibility index (Phi) is 2.55. The summed E-state index contributed by atoms with van der Waals surface area (Å²) in [5.74, 6) is -0.334. The molecular formula is C10H12FN3O. The predicted molar refractivity (Wildman–Crippen MR) is 56.4 cm³/mol. The highest BCUT2D eigenvalue weighted by Crippen LogP contribution is 2.11. The van der Waals surface area contributed by atoms with Gasteiger partial charge in [-0.05, 0) is 25.2 Å². The van der Waals surface area contributed by atoms with Gasteiger partial charge in [0.05, 0.1) is 11.0 Å². The van der Waals surface area contributed by atoms with Gasteiger partial charge in [-0.2, -0.15) is 0 Å². The van der Waals surface area contributed by atoms with Gasteiger partial charge in [0.15, 0.2) is 0 Å². The molecule has 0 radical (unpaired) electrons. The first-order valence-corrected chi connectivity index (χ1v) is 4.75. The molecule has 0 bridgehead atoms. The summed E-state index contributed by atoms with van der Waals surface area (Å²) in [6, 6.07) is 4.27. The summed E-state index contributed by atoms with van der Waals surface area (Å²) >= 11 is 0. The number of rotatable bonds is 3. The van der Waals surface area contributed by atoms with E-state index in [1.807, 2.05) is 0 Å². The zero-order valence-corrected chi connectivity index (χ0v) is 8.38. The van der Waals surface area contributed by atoms with Gasteiger partial charge < -0.3 is 10.3 Å². The number of imidazole rings is 1. The summed E-state index contributed by atoms with van der Waals surface area (Å²) < 4.78 is 14.5. The van der Waals surface area contributed by atoms with Crippen LogP contribution in [0.25, 0.3) is 11.0 Å². The normalized spacial score (nSPS) is 11.1. The Hall–Kier alpha value is -1.62. The lowest BCUT2D eigenvalue weighted by molar-refractivity contribution is 0.622. The number of halogens is 1.